The van der Waals surface area contributed by atoms with E-state index < -0.39 is 6.10 Å². The van der Waals surface area contributed by atoms with E-state index in [2.05, 4.69) is 10.00 Å². The van der Waals surface area contributed by atoms with Crippen LogP contribution in [0.5, 0.6) is 5.75 Å². The Balaban J connectivity index is 1.69. The van der Waals surface area contributed by atoms with Crippen LogP contribution in [0.4, 0.5) is 0 Å². The Morgan fingerprint density at radius 3 is 2.76 bits per heavy atom. The highest BCUT2D eigenvalue weighted by Crippen LogP contribution is 2.31. The molecule has 1 aromatic heterocycles. The molecule has 0 bridgehead atoms. The summed E-state index contributed by atoms with van der Waals surface area (Å²) in [5, 5.41) is 15.3. The average Bonchev–Trinajstić information content (AvgIpc) is 3.03. The van der Waals surface area contributed by atoms with Gasteiger partial charge in [-0.1, -0.05) is 25.1 Å². The maximum atomic E-state index is 10.9. The first-order valence-electron chi connectivity index (χ1n) is 8.91. The van der Waals surface area contributed by atoms with Crippen molar-refractivity contribution < 1.29 is 14.6 Å². The van der Waals surface area contributed by atoms with E-state index in [1.807, 2.05) is 44.4 Å². The Labute approximate surface area is 149 Å². The zero-order valence-corrected chi connectivity index (χ0v) is 15.0. The number of aliphatic hydroxyl groups excluding tert-OH is 1. The third-order valence-corrected chi connectivity index (χ3v) is 4.55. The van der Waals surface area contributed by atoms with Crippen molar-refractivity contribution in [2.75, 3.05) is 39.5 Å². The molecule has 1 N–H and O–H groups in total. The number of aromatic nitrogens is 2. The second-order valence-electron chi connectivity index (χ2n) is 6.30. The van der Waals surface area contributed by atoms with E-state index in [1.54, 1.807) is 4.68 Å². The Hall–Kier alpha value is -1.89. The van der Waals surface area contributed by atoms with Crippen LogP contribution in [0, 0.1) is 0 Å². The maximum absolute atomic E-state index is 10.9. The molecule has 0 aliphatic carbocycles. The van der Waals surface area contributed by atoms with Gasteiger partial charge in [-0.05, 0) is 12.5 Å². The number of rotatable bonds is 7. The quantitative estimate of drug-likeness (QED) is 0.829. The number of ether oxygens (including phenoxy) is 2. The number of hydrogen-bond donors (Lipinski definition) is 1. The largest absolute Gasteiger partial charge is 0.492 e. The zero-order valence-electron chi connectivity index (χ0n) is 15.0. The van der Waals surface area contributed by atoms with E-state index in [9.17, 15) is 5.11 Å². The molecular weight excluding hydrogens is 318 g/mol. The monoisotopic (exact) mass is 345 g/mol. The molecule has 0 amide bonds. The summed E-state index contributed by atoms with van der Waals surface area (Å²) in [6, 6.07) is 7.70. The molecule has 0 spiro atoms. The molecule has 136 valence electrons. The van der Waals surface area contributed by atoms with Crippen molar-refractivity contribution in [3.63, 3.8) is 0 Å². The topological polar surface area (TPSA) is 59.8 Å². The second kappa shape index (κ2) is 8.47. The van der Waals surface area contributed by atoms with Crippen molar-refractivity contribution in [2.45, 2.75) is 19.4 Å². The van der Waals surface area contributed by atoms with Crippen LogP contribution in [-0.2, 0) is 18.2 Å². The maximum Gasteiger partial charge on any atom is 0.125 e. The normalized spacial score (nSPS) is 16.8. The molecule has 3 rings (SSSR count). The second-order valence-corrected chi connectivity index (χ2v) is 6.30. The number of aliphatic hydroxyl groups is 1. The molecule has 25 heavy (non-hydrogen) atoms. The average molecular weight is 345 g/mol. The van der Waals surface area contributed by atoms with E-state index in [0.717, 1.165) is 61.8 Å². The highest BCUT2D eigenvalue weighted by atomic mass is 16.5. The van der Waals surface area contributed by atoms with Gasteiger partial charge in [-0.2, -0.15) is 5.10 Å². The molecule has 1 aliphatic heterocycles. The molecule has 1 unspecified atom stereocenters. The molecule has 2 heterocycles. The molecular formula is C19H27N3O3. The van der Waals surface area contributed by atoms with Crippen molar-refractivity contribution in [1.82, 2.24) is 14.7 Å². The van der Waals surface area contributed by atoms with Crippen LogP contribution in [0.25, 0.3) is 0 Å². The van der Waals surface area contributed by atoms with Crippen LogP contribution >= 0.6 is 0 Å². The fourth-order valence-corrected chi connectivity index (χ4v) is 3.17. The number of benzene rings is 1. The van der Waals surface area contributed by atoms with Gasteiger partial charge in [-0.25, -0.2) is 0 Å². The van der Waals surface area contributed by atoms with Crippen molar-refractivity contribution in [3.05, 3.63) is 47.3 Å². The predicted octanol–water partition coefficient (Wildman–Crippen LogP) is 1.78. The summed E-state index contributed by atoms with van der Waals surface area (Å²) in [7, 11) is 1.88. The predicted molar refractivity (Wildman–Crippen MR) is 95.8 cm³/mol. The fraction of sp³-hybridized carbons (Fsp3) is 0.526. The molecule has 1 aliphatic rings. The van der Waals surface area contributed by atoms with E-state index in [0.29, 0.717) is 6.61 Å². The van der Waals surface area contributed by atoms with Gasteiger partial charge in [0, 0.05) is 44.0 Å². The lowest BCUT2D eigenvalue weighted by Crippen LogP contribution is -2.38. The van der Waals surface area contributed by atoms with Crippen LogP contribution in [0.15, 0.2) is 30.5 Å². The third kappa shape index (κ3) is 4.39. The Morgan fingerprint density at radius 1 is 1.24 bits per heavy atom. The number of aryl methyl sites for hydroxylation is 2. The molecule has 0 radical (unpaired) electrons. The summed E-state index contributed by atoms with van der Waals surface area (Å²) in [5.41, 5.74) is 2.54. The van der Waals surface area contributed by atoms with E-state index >= 15 is 0 Å². The molecule has 2 aromatic rings. The van der Waals surface area contributed by atoms with Gasteiger partial charge >= 0.3 is 0 Å². The molecule has 1 atom stereocenters. The lowest BCUT2D eigenvalue weighted by molar-refractivity contribution is 0.0321. The summed E-state index contributed by atoms with van der Waals surface area (Å²) in [5.74, 6) is 0.731. The van der Waals surface area contributed by atoms with Crippen LogP contribution in [-0.4, -0.2) is 59.2 Å². The number of hydrogen-bond acceptors (Lipinski definition) is 5. The highest BCUT2D eigenvalue weighted by molar-refractivity contribution is 5.41. The number of para-hydroxylation sites is 1. The van der Waals surface area contributed by atoms with Crippen molar-refractivity contribution in [1.29, 1.82) is 0 Å². The van der Waals surface area contributed by atoms with Crippen molar-refractivity contribution in [2.24, 2.45) is 7.05 Å². The summed E-state index contributed by atoms with van der Waals surface area (Å²) >= 11 is 0. The Kier molecular flexibility index (Phi) is 6.07. The van der Waals surface area contributed by atoms with Crippen molar-refractivity contribution >= 4 is 0 Å². The minimum atomic E-state index is -0.733. The summed E-state index contributed by atoms with van der Waals surface area (Å²) in [6.07, 6.45) is 1.93. The lowest BCUT2D eigenvalue weighted by atomic mass is 10.0. The lowest BCUT2D eigenvalue weighted by Gasteiger charge is -2.26. The summed E-state index contributed by atoms with van der Waals surface area (Å²) in [6.45, 7) is 6.97. The third-order valence-electron chi connectivity index (χ3n) is 4.55. The SMILES string of the molecule is CCc1nn(C)cc1C(O)c1ccccc1OCCN1CCOCC1. The van der Waals surface area contributed by atoms with Gasteiger partial charge < -0.3 is 14.6 Å². The van der Waals surface area contributed by atoms with Gasteiger partial charge in [0.2, 0.25) is 0 Å². The summed E-state index contributed by atoms with van der Waals surface area (Å²) < 4.78 is 13.1. The van der Waals surface area contributed by atoms with Gasteiger partial charge in [0.25, 0.3) is 0 Å². The van der Waals surface area contributed by atoms with Crippen LogP contribution in [0.1, 0.15) is 29.8 Å². The van der Waals surface area contributed by atoms with E-state index in [4.69, 9.17) is 9.47 Å². The van der Waals surface area contributed by atoms with Crippen LogP contribution in [0.2, 0.25) is 0 Å². The first-order valence-corrected chi connectivity index (χ1v) is 8.91. The molecule has 6 nitrogen and oxygen atoms in total. The van der Waals surface area contributed by atoms with Gasteiger partial charge in [0.1, 0.15) is 18.5 Å². The molecule has 0 saturated carbocycles. The molecule has 1 saturated heterocycles. The van der Waals surface area contributed by atoms with Gasteiger partial charge in [-0.3, -0.25) is 9.58 Å². The van der Waals surface area contributed by atoms with Gasteiger partial charge in [-0.15, -0.1) is 0 Å². The van der Waals surface area contributed by atoms with Gasteiger partial charge in [0.15, 0.2) is 0 Å². The summed E-state index contributed by atoms with van der Waals surface area (Å²) in [4.78, 5) is 2.33. The number of nitrogens with zero attached hydrogens (tertiary/aromatic N) is 3. The standard InChI is InChI=1S/C19H27N3O3/c1-3-17-16(14-21(2)20-17)19(23)15-6-4-5-7-18(15)25-13-10-22-8-11-24-12-9-22/h4-7,14,19,23H,3,8-13H2,1-2H3. The zero-order chi connectivity index (χ0) is 17.6. The highest BCUT2D eigenvalue weighted by Gasteiger charge is 2.20. The molecule has 1 aromatic carbocycles. The first kappa shape index (κ1) is 17.9. The Bertz CT molecular complexity index is 680. The fourth-order valence-electron chi connectivity index (χ4n) is 3.17. The van der Waals surface area contributed by atoms with Crippen LogP contribution in [0.3, 0.4) is 0 Å². The smallest absolute Gasteiger partial charge is 0.125 e. The molecule has 6 heteroatoms. The number of morpholine rings is 1. The minimum absolute atomic E-state index is 0.595. The minimum Gasteiger partial charge on any atom is -0.492 e. The Morgan fingerprint density at radius 2 is 2.00 bits per heavy atom. The van der Waals surface area contributed by atoms with Crippen LogP contribution < -0.4 is 4.74 Å². The first-order chi connectivity index (χ1) is 12.2. The van der Waals surface area contributed by atoms with Crippen molar-refractivity contribution in [3.8, 4) is 5.75 Å². The van der Waals surface area contributed by atoms with E-state index in [-0.39, 0.29) is 0 Å². The molecule has 1 fully saturated rings. The van der Waals surface area contributed by atoms with E-state index in [1.165, 1.54) is 0 Å². The van der Waals surface area contributed by atoms with Gasteiger partial charge in [0.05, 0.1) is 18.9 Å².